The summed E-state index contributed by atoms with van der Waals surface area (Å²) in [5.41, 5.74) is 1.92. The first kappa shape index (κ1) is 15.3. The van der Waals surface area contributed by atoms with Gasteiger partial charge in [-0.1, -0.05) is 38.1 Å². The maximum atomic E-state index is 11.8. The Bertz CT molecular complexity index is 813. The molecule has 0 spiro atoms. The number of hydrogen-bond donors (Lipinski definition) is 1. The second kappa shape index (κ2) is 6.26. The molecule has 0 saturated heterocycles. The van der Waals surface area contributed by atoms with E-state index in [9.17, 15) is 9.90 Å². The van der Waals surface area contributed by atoms with Crippen molar-refractivity contribution in [2.75, 3.05) is 0 Å². The first-order valence-electron chi connectivity index (χ1n) is 7.44. The number of aliphatic hydroxyl groups is 1. The summed E-state index contributed by atoms with van der Waals surface area (Å²) < 4.78 is 11.3. The van der Waals surface area contributed by atoms with Crippen LogP contribution in [0.5, 0.6) is 0 Å². The van der Waals surface area contributed by atoms with E-state index in [1.807, 2.05) is 24.3 Å². The minimum atomic E-state index is -0.844. The average Bonchev–Trinajstić information content (AvgIpc) is 3.18. The molecule has 0 fully saturated rings. The maximum Gasteiger partial charge on any atom is 0.437 e. The number of hydrogen-bond acceptors (Lipinski definition) is 5. The van der Waals surface area contributed by atoms with Gasteiger partial charge < -0.3 is 13.9 Å². The molecule has 0 bridgehead atoms. The Morgan fingerprint density at radius 3 is 2.48 bits per heavy atom. The second-order valence-corrected chi connectivity index (χ2v) is 5.67. The lowest BCUT2D eigenvalue weighted by molar-refractivity contribution is 0.148. The molecule has 1 N–H and O–H groups in total. The molecule has 0 aliphatic rings. The van der Waals surface area contributed by atoms with Gasteiger partial charge in [-0.15, -0.1) is 5.10 Å². The lowest BCUT2D eigenvalue weighted by Gasteiger charge is -2.11. The van der Waals surface area contributed by atoms with Crippen LogP contribution in [0.3, 0.4) is 0 Å². The highest BCUT2D eigenvalue weighted by molar-refractivity contribution is 5.42. The number of furan rings is 1. The van der Waals surface area contributed by atoms with E-state index < -0.39 is 11.9 Å². The summed E-state index contributed by atoms with van der Waals surface area (Å²) in [7, 11) is 0. The Morgan fingerprint density at radius 1 is 1.17 bits per heavy atom. The van der Waals surface area contributed by atoms with Crippen molar-refractivity contribution in [3.63, 3.8) is 0 Å². The van der Waals surface area contributed by atoms with Crippen LogP contribution in [0.2, 0.25) is 0 Å². The largest absolute Gasteiger partial charge is 0.459 e. The van der Waals surface area contributed by atoms with Gasteiger partial charge in [-0.25, -0.2) is 4.79 Å². The summed E-state index contributed by atoms with van der Waals surface area (Å²) in [4.78, 5) is 11.8. The molecule has 2 heterocycles. The molecule has 0 aliphatic heterocycles. The molecule has 2 aromatic heterocycles. The van der Waals surface area contributed by atoms with E-state index in [4.69, 9.17) is 8.83 Å². The average molecular weight is 314 g/mol. The third kappa shape index (κ3) is 3.27. The van der Waals surface area contributed by atoms with Crippen LogP contribution >= 0.6 is 0 Å². The summed E-state index contributed by atoms with van der Waals surface area (Å²) in [6.45, 7) is 4.23. The summed E-state index contributed by atoms with van der Waals surface area (Å²) in [5, 5.41) is 14.4. The number of benzene rings is 1. The zero-order valence-electron chi connectivity index (χ0n) is 13.0. The van der Waals surface area contributed by atoms with Crippen LogP contribution in [0.15, 0.2) is 56.3 Å². The summed E-state index contributed by atoms with van der Waals surface area (Å²) in [6.07, 6.45) is 0.628. The third-order valence-corrected chi connectivity index (χ3v) is 3.67. The first-order valence-corrected chi connectivity index (χ1v) is 7.44. The standard InChI is InChI=1S/C17H18N2O4/c1-11(2)12-5-7-13(8-6-12)14(20)10-19-17(21)23-16(18-19)15-4-3-9-22-15/h3-9,11,14,20H,10H2,1-2H3/t14-/m0/s1. The molecule has 3 rings (SSSR count). The monoisotopic (exact) mass is 314 g/mol. The third-order valence-electron chi connectivity index (χ3n) is 3.67. The Morgan fingerprint density at radius 2 is 1.87 bits per heavy atom. The van der Waals surface area contributed by atoms with Gasteiger partial charge in [0, 0.05) is 0 Å². The minimum absolute atomic E-state index is 0.0179. The molecule has 1 atom stereocenters. The second-order valence-electron chi connectivity index (χ2n) is 5.67. The van der Waals surface area contributed by atoms with E-state index in [2.05, 4.69) is 18.9 Å². The highest BCUT2D eigenvalue weighted by atomic mass is 16.4. The fourth-order valence-corrected chi connectivity index (χ4v) is 2.29. The van der Waals surface area contributed by atoms with Crippen molar-refractivity contribution >= 4 is 0 Å². The van der Waals surface area contributed by atoms with Gasteiger partial charge in [-0.2, -0.15) is 4.68 Å². The van der Waals surface area contributed by atoms with E-state index >= 15 is 0 Å². The smallest absolute Gasteiger partial charge is 0.437 e. The van der Waals surface area contributed by atoms with Gasteiger partial charge in [-0.3, -0.25) is 0 Å². The van der Waals surface area contributed by atoms with Gasteiger partial charge in [0.15, 0.2) is 5.76 Å². The van der Waals surface area contributed by atoms with Crippen LogP contribution < -0.4 is 5.76 Å². The summed E-state index contributed by atoms with van der Waals surface area (Å²) in [6, 6.07) is 11.0. The predicted octanol–water partition coefficient (Wildman–Crippen LogP) is 2.95. The van der Waals surface area contributed by atoms with Gasteiger partial charge >= 0.3 is 5.76 Å². The van der Waals surface area contributed by atoms with Crippen molar-refractivity contribution in [3.05, 3.63) is 64.3 Å². The molecule has 0 amide bonds. The normalized spacial score (nSPS) is 12.7. The van der Waals surface area contributed by atoms with E-state index in [-0.39, 0.29) is 12.4 Å². The van der Waals surface area contributed by atoms with Crippen LogP contribution in [0, 0.1) is 0 Å². The van der Waals surface area contributed by atoms with Gasteiger partial charge in [0.2, 0.25) is 0 Å². The molecule has 0 unspecified atom stereocenters. The van der Waals surface area contributed by atoms with Crippen LogP contribution in [-0.2, 0) is 6.54 Å². The van der Waals surface area contributed by atoms with Crippen molar-refractivity contribution in [1.29, 1.82) is 0 Å². The molecule has 6 heteroatoms. The van der Waals surface area contributed by atoms with Gasteiger partial charge in [0.25, 0.3) is 5.89 Å². The van der Waals surface area contributed by atoms with E-state index in [1.54, 1.807) is 12.1 Å². The van der Waals surface area contributed by atoms with Crippen LogP contribution in [-0.4, -0.2) is 14.9 Å². The number of aromatic nitrogens is 2. The quantitative estimate of drug-likeness (QED) is 0.783. The Labute approximate surface area is 133 Å². The zero-order chi connectivity index (χ0) is 16.4. The summed E-state index contributed by atoms with van der Waals surface area (Å²) in [5.74, 6) is 0.267. The molecule has 0 radical (unpaired) electrons. The molecular weight excluding hydrogens is 296 g/mol. The van der Waals surface area contributed by atoms with Crippen molar-refractivity contribution < 1.29 is 13.9 Å². The lowest BCUT2D eigenvalue weighted by atomic mass is 10.00. The van der Waals surface area contributed by atoms with Gasteiger partial charge in [0.05, 0.1) is 18.9 Å². The van der Waals surface area contributed by atoms with Gasteiger partial charge in [-0.05, 0) is 29.2 Å². The van der Waals surface area contributed by atoms with Crippen molar-refractivity contribution in [1.82, 2.24) is 9.78 Å². The highest BCUT2D eigenvalue weighted by Crippen LogP contribution is 2.20. The molecular formula is C17H18N2O4. The molecule has 1 aromatic carbocycles. The molecule has 120 valence electrons. The number of rotatable bonds is 5. The Hall–Kier alpha value is -2.60. The van der Waals surface area contributed by atoms with Crippen LogP contribution in [0.1, 0.15) is 37.0 Å². The lowest BCUT2D eigenvalue weighted by Crippen LogP contribution is -2.20. The van der Waals surface area contributed by atoms with Crippen molar-refractivity contribution in [3.8, 4) is 11.7 Å². The maximum absolute atomic E-state index is 11.8. The predicted molar refractivity (Wildman–Crippen MR) is 84.0 cm³/mol. The van der Waals surface area contributed by atoms with E-state index in [0.29, 0.717) is 11.7 Å². The van der Waals surface area contributed by atoms with Crippen LogP contribution in [0.25, 0.3) is 11.7 Å². The minimum Gasteiger partial charge on any atom is -0.459 e. The highest BCUT2D eigenvalue weighted by Gasteiger charge is 2.16. The van der Waals surface area contributed by atoms with Gasteiger partial charge in [0.1, 0.15) is 0 Å². The molecule has 0 saturated carbocycles. The zero-order valence-corrected chi connectivity index (χ0v) is 13.0. The van der Waals surface area contributed by atoms with E-state index in [1.165, 1.54) is 11.8 Å². The fraction of sp³-hybridized carbons (Fsp3) is 0.294. The Kier molecular flexibility index (Phi) is 4.16. The van der Waals surface area contributed by atoms with Crippen LogP contribution in [0.4, 0.5) is 0 Å². The number of aliphatic hydroxyl groups excluding tert-OH is 1. The SMILES string of the molecule is CC(C)c1ccc([C@@H](O)Cn2nc(-c3ccco3)oc2=O)cc1. The van der Waals surface area contributed by atoms with Crippen molar-refractivity contribution in [2.24, 2.45) is 0 Å². The topological polar surface area (TPSA) is 81.4 Å². The first-order chi connectivity index (χ1) is 11.0. The number of nitrogens with zero attached hydrogens (tertiary/aromatic N) is 2. The summed E-state index contributed by atoms with van der Waals surface area (Å²) >= 11 is 0. The van der Waals surface area contributed by atoms with E-state index in [0.717, 1.165) is 10.2 Å². The molecule has 0 aliphatic carbocycles. The fourth-order valence-electron chi connectivity index (χ4n) is 2.29. The molecule has 23 heavy (non-hydrogen) atoms. The molecule has 6 nitrogen and oxygen atoms in total. The molecule has 3 aromatic rings. The Balaban J connectivity index is 1.77. The van der Waals surface area contributed by atoms with Crippen molar-refractivity contribution in [2.45, 2.75) is 32.4 Å².